The van der Waals surface area contributed by atoms with Crippen LogP contribution in [0.25, 0.3) is 5.69 Å². The highest BCUT2D eigenvalue weighted by molar-refractivity contribution is 6.01. The van der Waals surface area contributed by atoms with Crippen molar-refractivity contribution >= 4 is 5.71 Å². The van der Waals surface area contributed by atoms with Crippen molar-refractivity contribution in [2.75, 3.05) is 6.61 Å². The first-order valence-electron chi connectivity index (χ1n) is 7.35. The first-order valence-corrected chi connectivity index (χ1v) is 7.35. The van der Waals surface area contributed by atoms with Gasteiger partial charge in [0.15, 0.2) is 6.10 Å². The molecule has 3 heterocycles. The second kappa shape index (κ2) is 6.15. The van der Waals surface area contributed by atoms with Gasteiger partial charge in [-0.15, -0.1) is 0 Å². The molecule has 1 aromatic carbocycles. The van der Waals surface area contributed by atoms with Crippen molar-refractivity contribution in [3.63, 3.8) is 0 Å². The van der Waals surface area contributed by atoms with Gasteiger partial charge < -0.3 is 14.1 Å². The molecule has 3 aromatic rings. The highest BCUT2D eigenvalue weighted by Gasteiger charge is 2.24. The monoisotopic (exact) mass is 328 g/mol. The van der Waals surface area contributed by atoms with Crippen LogP contribution >= 0.6 is 0 Å². The zero-order chi connectivity index (χ0) is 16.4. The number of hydrogen-bond acceptors (Lipinski definition) is 6. The summed E-state index contributed by atoms with van der Waals surface area (Å²) in [7, 11) is 0. The maximum atomic E-state index is 14.3. The van der Waals surface area contributed by atoms with Crippen LogP contribution in [0.1, 0.15) is 12.0 Å². The van der Waals surface area contributed by atoms with Gasteiger partial charge in [-0.1, -0.05) is 11.2 Å². The molecule has 0 radical (unpaired) electrons. The second-order valence-corrected chi connectivity index (χ2v) is 5.24. The fourth-order valence-electron chi connectivity index (χ4n) is 2.43. The van der Waals surface area contributed by atoms with Crippen LogP contribution in [0.4, 0.5) is 4.39 Å². The van der Waals surface area contributed by atoms with E-state index in [0.717, 1.165) is 0 Å². The Balaban J connectivity index is 1.42. The smallest absolute Gasteiger partial charge is 0.254 e. The molecule has 0 fully saturated rings. The molecule has 0 N–H and O–H groups in total. The van der Waals surface area contributed by atoms with Crippen molar-refractivity contribution in [2.24, 2.45) is 5.16 Å². The zero-order valence-electron chi connectivity index (χ0n) is 12.5. The Hall–Kier alpha value is -3.16. The van der Waals surface area contributed by atoms with Gasteiger partial charge in [-0.05, 0) is 23.4 Å². The molecule has 1 unspecified atom stereocenters. The van der Waals surface area contributed by atoms with Crippen molar-refractivity contribution in [1.29, 1.82) is 0 Å². The lowest BCUT2D eigenvalue weighted by Gasteiger charge is -2.08. The van der Waals surface area contributed by atoms with E-state index in [-0.39, 0.29) is 18.5 Å². The Morgan fingerprint density at radius 1 is 1.33 bits per heavy atom. The van der Waals surface area contributed by atoms with Crippen LogP contribution in [0, 0.1) is 5.82 Å². The van der Waals surface area contributed by atoms with E-state index in [9.17, 15) is 4.39 Å². The summed E-state index contributed by atoms with van der Waals surface area (Å²) in [6.45, 7) is 0.285. The van der Waals surface area contributed by atoms with Crippen LogP contribution in [0.5, 0.6) is 5.88 Å². The molecule has 0 spiro atoms. The van der Waals surface area contributed by atoms with Gasteiger partial charge in [0.25, 0.3) is 5.88 Å². The molecule has 0 amide bonds. The predicted octanol–water partition coefficient (Wildman–Crippen LogP) is 2.57. The Labute approximate surface area is 136 Å². The SMILES string of the molecule is Fc1cc(C2=NOC(COc3ccon3)C2)ccc1-n1cccn1. The van der Waals surface area contributed by atoms with Crippen molar-refractivity contribution in [2.45, 2.75) is 12.5 Å². The molecule has 0 aliphatic carbocycles. The largest absolute Gasteiger partial charge is 0.471 e. The van der Waals surface area contributed by atoms with Crippen LogP contribution in [-0.4, -0.2) is 33.4 Å². The third kappa shape index (κ3) is 2.85. The fraction of sp³-hybridized carbons (Fsp3) is 0.188. The molecule has 1 aliphatic heterocycles. The normalized spacial score (nSPS) is 16.7. The van der Waals surface area contributed by atoms with E-state index in [1.54, 1.807) is 36.7 Å². The number of ether oxygens (including phenoxy) is 1. The summed E-state index contributed by atoms with van der Waals surface area (Å²) in [5.41, 5.74) is 1.73. The van der Waals surface area contributed by atoms with Gasteiger partial charge in [0, 0.05) is 30.4 Å². The minimum absolute atomic E-state index is 0.245. The number of halogens is 1. The van der Waals surface area contributed by atoms with Crippen LogP contribution < -0.4 is 4.74 Å². The number of oxime groups is 1. The van der Waals surface area contributed by atoms with E-state index >= 15 is 0 Å². The lowest BCUT2D eigenvalue weighted by atomic mass is 10.0. The third-order valence-corrected chi connectivity index (χ3v) is 3.60. The number of nitrogens with zero attached hydrogens (tertiary/aromatic N) is 4. The van der Waals surface area contributed by atoms with Crippen LogP contribution in [-0.2, 0) is 4.84 Å². The molecule has 2 aromatic heterocycles. The van der Waals surface area contributed by atoms with Crippen molar-refractivity contribution < 1.29 is 18.5 Å². The van der Waals surface area contributed by atoms with Gasteiger partial charge in [-0.3, -0.25) is 0 Å². The van der Waals surface area contributed by atoms with Crippen molar-refractivity contribution in [3.05, 3.63) is 60.4 Å². The van der Waals surface area contributed by atoms with E-state index in [2.05, 4.69) is 19.9 Å². The Kier molecular flexibility index (Phi) is 3.70. The highest BCUT2D eigenvalue weighted by atomic mass is 19.1. The van der Waals surface area contributed by atoms with E-state index in [1.807, 2.05) is 0 Å². The fourth-order valence-corrected chi connectivity index (χ4v) is 2.43. The molecular formula is C16H13FN4O3. The molecule has 0 bridgehead atoms. The van der Waals surface area contributed by atoms with Crippen LogP contribution in [0.2, 0.25) is 0 Å². The van der Waals surface area contributed by atoms with E-state index < -0.39 is 0 Å². The quantitative estimate of drug-likeness (QED) is 0.719. The van der Waals surface area contributed by atoms with Gasteiger partial charge in [-0.2, -0.15) is 5.10 Å². The summed E-state index contributed by atoms with van der Waals surface area (Å²) in [4.78, 5) is 5.33. The number of hydrogen-bond donors (Lipinski definition) is 0. The van der Waals surface area contributed by atoms with Crippen molar-refractivity contribution in [3.8, 4) is 11.6 Å². The van der Waals surface area contributed by atoms with Gasteiger partial charge in [0.2, 0.25) is 0 Å². The number of rotatable bonds is 5. The van der Waals surface area contributed by atoms with Gasteiger partial charge >= 0.3 is 0 Å². The summed E-state index contributed by atoms with van der Waals surface area (Å²) in [6.07, 6.45) is 4.99. The predicted molar refractivity (Wildman–Crippen MR) is 81.5 cm³/mol. The molecule has 24 heavy (non-hydrogen) atoms. The molecule has 0 saturated carbocycles. The summed E-state index contributed by atoms with van der Waals surface area (Å²) >= 11 is 0. The maximum absolute atomic E-state index is 14.3. The average Bonchev–Trinajstić information content (AvgIpc) is 3.34. The number of aromatic nitrogens is 3. The highest BCUT2D eigenvalue weighted by Crippen LogP contribution is 2.21. The lowest BCUT2D eigenvalue weighted by molar-refractivity contribution is 0.0446. The summed E-state index contributed by atoms with van der Waals surface area (Å²) in [6, 6.07) is 8.24. The first-order chi connectivity index (χ1) is 11.8. The van der Waals surface area contributed by atoms with E-state index in [1.165, 1.54) is 17.0 Å². The van der Waals surface area contributed by atoms with Gasteiger partial charge in [0.05, 0.1) is 5.71 Å². The Morgan fingerprint density at radius 3 is 3.04 bits per heavy atom. The standard InChI is InChI=1S/C16H13FN4O3/c17-13-8-11(2-3-15(13)21-6-1-5-18-21)14-9-12(24-19-14)10-22-16-4-7-23-20-16/h1-8,12H,9-10H2. The van der Waals surface area contributed by atoms with Crippen molar-refractivity contribution in [1.82, 2.24) is 14.9 Å². The minimum Gasteiger partial charge on any atom is -0.471 e. The minimum atomic E-state index is -0.374. The summed E-state index contributed by atoms with van der Waals surface area (Å²) in [5, 5.41) is 11.7. The molecule has 1 atom stereocenters. The Morgan fingerprint density at radius 2 is 2.29 bits per heavy atom. The van der Waals surface area contributed by atoms with E-state index in [4.69, 9.17) is 9.57 Å². The van der Waals surface area contributed by atoms with Crippen LogP contribution in [0.15, 0.2) is 58.7 Å². The molecule has 0 saturated heterocycles. The third-order valence-electron chi connectivity index (χ3n) is 3.60. The average molecular weight is 328 g/mol. The molecule has 7 nitrogen and oxygen atoms in total. The molecular weight excluding hydrogens is 315 g/mol. The number of benzene rings is 1. The zero-order valence-corrected chi connectivity index (χ0v) is 12.5. The molecule has 4 rings (SSSR count). The first kappa shape index (κ1) is 14.4. The molecule has 1 aliphatic rings. The van der Waals surface area contributed by atoms with Gasteiger partial charge in [0.1, 0.15) is 24.4 Å². The molecule has 122 valence electrons. The lowest BCUT2D eigenvalue weighted by Crippen LogP contribution is -2.18. The van der Waals surface area contributed by atoms with Crippen LogP contribution in [0.3, 0.4) is 0 Å². The Bertz CT molecular complexity index is 846. The van der Waals surface area contributed by atoms with Gasteiger partial charge in [-0.25, -0.2) is 9.07 Å². The summed E-state index contributed by atoms with van der Waals surface area (Å²) < 4.78 is 25.9. The maximum Gasteiger partial charge on any atom is 0.254 e. The molecule has 8 heteroatoms. The summed E-state index contributed by atoms with van der Waals surface area (Å²) in [5.74, 6) is 0.0165. The second-order valence-electron chi connectivity index (χ2n) is 5.24. The van der Waals surface area contributed by atoms with E-state index in [0.29, 0.717) is 29.3 Å². The topological polar surface area (TPSA) is 74.7 Å².